The van der Waals surface area contributed by atoms with Crippen LogP contribution in [-0.4, -0.2) is 9.55 Å². The topological polar surface area (TPSA) is 47.3 Å². The highest BCUT2D eigenvalue weighted by molar-refractivity contribution is 6.17. The second-order valence-corrected chi connectivity index (χ2v) is 13.6. The van der Waals surface area contributed by atoms with E-state index in [9.17, 15) is 0 Å². The first kappa shape index (κ1) is 30.3. The number of nitrogens with zero attached hydrogens (tertiary/aromatic N) is 3. The van der Waals surface area contributed by atoms with E-state index in [-0.39, 0.29) is 0 Å². The van der Waals surface area contributed by atoms with Gasteiger partial charge in [0, 0.05) is 50.2 Å². The van der Waals surface area contributed by atoms with Gasteiger partial charge in [0.1, 0.15) is 16.7 Å². The molecule has 254 valence electrons. The summed E-state index contributed by atoms with van der Waals surface area (Å²) in [6, 6.07) is 65.8. The minimum absolute atomic E-state index is 0.594. The maximum atomic E-state index is 6.46. The molecule has 0 spiro atoms. The molecule has 0 aliphatic heterocycles. The Morgan fingerprint density at radius 1 is 0.426 bits per heavy atom. The molecule has 3 aromatic heterocycles. The second-order valence-electron chi connectivity index (χ2n) is 13.6. The predicted octanol–water partition coefficient (Wildman–Crippen LogP) is 13.6. The van der Waals surface area contributed by atoms with Crippen LogP contribution in [0.4, 0.5) is 17.1 Å². The average Bonchev–Trinajstić information content (AvgIpc) is 3.93. The van der Waals surface area contributed by atoms with Crippen molar-refractivity contribution in [2.45, 2.75) is 0 Å². The molecule has 11 rings (SSSR count). The summed E-state index contributed by atoms with van der Waals surface area (Å²) >= 11 is 0. The Kier molecular flexibility index (Phi) is 6.79. The van der Waals surface area contributed by atoms with E-state index in [0.717, 1.165) is 66.8 Å². The number of aromatic nitrogens is 2. The molecule has 0 N–H and O–H groups in total. The van der Waals surface area contributed by atoms with Gasteiger partial charge in [-0.25, -0.2) is 4.98 Å². The number of oxazole rings is 1. The van der Waals surface area contributed by atoms with Gasteiger partial charge in [0.15, 0.2) is 5.58 Å². The third-order valence-electron chi connectivity index (χ3n) is 10.4. The van der Waals surface area contributed by atoms with E-state index in [4.69, 9.17) is 13.8 Å². The van der Waals surface area contributed by atoms with Crippen molar-refractivity contribution in [3.63, 3.8) is 0 Å². The Labute approximate surface area is 310 Å². The van der Waals surface area contributed by atoms with Gasteiger partial charge in [0.25, 0.3) is 0 Å². The van der Waals surface area contributed by atoms with Gasteiger partial charge in [-0.05, 0) is 90.0 Å². The molecule has 0 fully saturated rings. The van der Waals surface area contributed by atoms with E-state index in [1.54, 1.807) is 0 Å². The van der Waals surface area contributed by atoms with Crippen molar-refractivity contribution >= 4 is 71.9 Å². The Morgan fingerprint density at radius 3 is 1.87 bits per heavy atom. The highest BCUT2D eigenvalue weighted by atomic mass is 16.4. The van der Waals surface area contributed by atoms with Crippen molar-refractivity contribution in [1.29, 1.82) is 0 Å². The number of benzene rings is 8. The smallest absolute Gasteiger partial charge is 0.227 e. The van der Waals surface area contributed by atoms with Crippen molar-refractivity contribution in [3.8, 4) is 28.3 Å². The first-order valence-electron chi connectivity index (χ1n) is 18.1. The number of fused-ring (bicyclic) bond motifs is 7. The highest BCUT2D eigenvalue weighted by Gasteiger charge is 2.22. The van der Waals surface area contributed by atoms with Crippen LogP contribution in [0.2, 0.25) is 0 Å². The van der Waals surface area contributed by atoms with E-state index in [0.29, 0.717) is 11.5 Å². The highest BCUT2D eigenvalue weighted by Crippen LogP contribution is 2.45. The monoisotopic (exact) mass is 693 g/mol. The normalized spacial score (nSPS) is 11.7. The van der Waals surface area contributed by atoms with Crippen LogP contribution in [0.3, 0.4) is 0 Å². The van der Waals surface area contributed by atoms with Crippen LogP contribution >= 0.6 is 0 Å². The molecular formula is C49H31N3O2. The number of anilines is 3. The van der Waals surface area contributed by atoms with E-state index in [1.807, 2.05) is 36.4 Å². The van der Waals surface area contributed by atoms with Crippen molar-refractivity contribution in [1.82, 2.24) is 9.55 Å². The van der Waals surface area contributed by atoms with Gasteiger partial charge in [-0.2, -0.15) is 0 Å². The van der Waals surface area contributed by atoms with E-state index in [2.05, 4.69) is 161 Å². The van der Waals surface area contributed by atoms with Crippen LogP contribution in [0, 0.1) is 0 Å². The molecule has 11 aromatic rings. The standard InChI is InChI=1S/C49H31N3O2/c1-4-13-32(14-5-1)33-23-25-36(26-24-33)51(43-21-12-22-44-48(43)38-19-10-11-20-42(38)52(44)35-17-8-3-9-18-35)37-27-28-45-39(29-37)40-30-41-47(31-46(40)53-45)54-49(50-41)34-15-6-2-7-16-34/h1-31H. The van der Waals surface area contributed by atoms with E-state index < -0.39 is 0 Å². The fourth-order valence-corrected chi connectivity index (χ4v) is 7.93. The molecular weight excluding hydrogens is 663 g/mol. The number of hydrogen-bond donors (Lipinski definition) is 0. The van der Waals surface area contributed by atoms with Crippen LogP contribution in [0.15, 0.2) is 197 Å². The predicted molar refractivity (Wildman–Crippen MR) is 221 cm³/mol. The molecule has 54 heavy (non-hydrogen) atoms. The maximum Gasteiger partial charge on any atom is 0.227 e. The molecule has 5 nitrogen and oxygen atoms in total. The summed E-state index contributed by atoms with van der Waals surface area (Å²) in [5.41, 5.74) is 12.9. The quantitative estimate of drug-likeness (QED) is 0.174. The summed E-state index contributed by atoms with van der Waals surface area (Å²) in [7, 11) is 0. The number of hydrogen-bond acceptors (Lipinski definition) is 4. The molecule has 0 aliphatic carbocycles. The lowest BCUT2D eigenvalue weighted by molar-refractivity contribution is 0.617. The minimum atomic E-state index is 0.594. The summed E-state index contributed by atoms with van der Waals surface area (Å²) in [5.74, 6) is 0.594. The number of furan rings is 1. The van der Waals surface area contributed by atoms with Crippen molar-refractivity contribution in [2.75, 3.05) is 4.90 Å². The van der Waals surface area contributed by atoms with Gasteiger partial charge in [0.05, 0.1) is 16.7 Å². The average molecular weight is 694 g/mol. The minimum Gasteiger partial charge on any atom is -0.456 e. The lowest BCUT2D eigenvalue weighted by atomic mass is 10.0. The molecule has 0 saturated heterocycles. The lowest BCUT2D eigenvalue weighted by Crippen LogP contribution is -2.10. The first-order valence-corrected chi connectivity index (χ1v) is 18.1. The molecule has 0 atom stereocenters. The summed E-state index contributed by atoms with van der Waals surface area (Å²) in [6.07, 6.45) is 0. The first-order chi connectivity index (χ1) is 26.8. The molecule has 0 radical (unpaired) electrons. The van der Waals surface area contributed by atoms with Crippen LogP contribution in [0.25, 0.3) is 83.1 Å². The van der Waals surface area contributed by atoms with Gasteiger partial charge < -0.3 is 18.3 Å². The molecule has 0 bridgehead atoms. The third kappa shape index (κ3) is 4.83. The molecule has 0 unspecified atom stereocenters. The second kappa shape index (κ2) is 12.1. The SMILES string of the molecule is c1ccc(-c2ccc(N(c3ccc4oc5cc6oc(-c7ccccc7)nc6cc5c4c3)c3cccc4c3c3ccccc3n4-c3ccccc3)cc2)cc1. The third-order valence-corrected chi connectivity index (χ3v) is 10.4. The molecule has 0 aliphatic rings. The van der Waals surface area contributed by atoms with Crippen LogP contribution in [0.5, 0.6) is 0 Å². The zero-order valence-electron chi connectivity index (χ0n) is 29.1. The van der Waals surface area contributed by atoms with Crippen LogP contribution in [-0.2, 0) is 0 Å². The molecule has 0 amide bonds. The molecule has 8 aromatic carbocycles. The zero-order chi connectivity index (χ0) is 35.6. The van der Waals surface area contributed by atoms with Gasteiger partial charge >= 0.3 is 0 Å². The number of rotatable bonds is 6. The summed E-state index contributed by atoms with van der Waals surface area (Å²) < 4.78 is 15.0. The van der Waals surface area contributed by atoms with Gasteiger partial charge in [-0.3, -0.25) is 0 Å². The summed E-state index contributed by atoms with van der Waals surface area (Å²) in [5, 5.41) is 4.37. The molecule has 0 saturated carbocycles. The molecule has 3 heterocycles. The largest absolute Gasteiger partial charge is 0.456 e. The fraction of sp³-hybridized carbons (Fsp3) is 0. The van der Waals surface area contributed by atoms with Gasteiger partial charge in [-0.15, -0.1) is 0 Å². The van der Waals surface area contributed by atoms with Crippen molar-refractivity contribution in [3.05, 3.63) is 188 Å². The number of para-hydroxylation sites is 2. The maximum absolute atomic E-state index is 6.46. The summed E-state index contributed by atoms with van der Waals surface area (Å²) in [6.45, 7) is 0. The van der Waals surface area contributed by atoms with Gasteiger partial charge in [-0.1, -0.05) is 103 Å². The van der Waals surface area contributed by atoms with Crippen LogP contribution in [0.1, 0.15) is 0 Å². The van der Waals surface area contributed by atoms with E-state index in [1.165, 1.54) is 21.9 Å². The Morgan fingerprint density at radius 2 is 1.07 bits per heavy atom. The van der Waals surface area contributed by atoms with E-state index >= 15 is 0 Å². The van der Waals surface area contributed by atoms with Crippen molar-refractivity contribution < 1.29 is 8.83 Å². The Bertz CT molecular complexity index is 3140. The lowest BCUT2D eigenvalue weighted by Gasteiger charge is -2.27. The zero-order valence-corrected chi connectivity index (χ0v) is 29.1. The van der Waals surface area contributed by atoms with Crippen molar-refractivity contribution in [2.24, 2.45) is 0 Å². The Balaban J connectivity index is 1.14. The summed E-state index contributed by atoms with van der Waals surface area (Å²) in [4.78, 5) is 7.25. The van der Waals surface area contributed by atoms with Crippen LogP contribution < -0.4 is 4.90 Å². The molecule has 5 heteroatoms. The van der Waals surface area contributed by atoms with Gasteiger partial charge in [0.2, 0.25) is 5.89 Å². The fourth-order valence-electron chi connectivity index (χ4n) is 7.93. The Hall–Kier alpha value is -7.37.